The van der Waals surface area contributed by atoms with E-state index in [2.05, 4.69) is 20.7 Å². The lowest BCUT2D eigenvalue weighted by Crippen LogP contribution is -2.52. The molecule has 0 aliphatic carbocycles. The Labute approximate surface area is 213 Å². The van der Waals surface area contributed by atoms with E-state index in [0.717, 1.165) is 5.56 Å². The summed E-state index contributed by atoms with van der Waals surface area (Å²) in [6.45, 7) is 1.79. The van der Waals surface area contributed by atoms with Crippen LogP contribution in [0.25, 0.3) is 0 Å². The van der Waals surface area contributed by atoms with Gasteiger partial charge in [0.1, 0.15) is 12.6 Å². The molecule has 2 atom stereocenters. The van der Waals surface area contributed by atoms with Crippen molar-refractivity contribution in [2.75, 3.05) is 11.9 Å². The quantitative estimate of drug-likeness (QED) is 0.193. The van der Waals surface area contributed by atoms with Crippen LogP contribution in [-0.2, 0) is 24.0 Å². The smallest absolute Gasteiger partial charge is 0.313 e. The van der Waals surface area contributed by atoms with Gasteiger partial charge in [0.15, 0.2) is 23.2 Å². The minimum Gasteiger partial charge on any atom is -0.481 e. The van der Waals surface area contributed by atoms with Crippen LogP contribution in [0, 0.1) is 30.2 Å². The van der Waals surface area contributed by atoms with Crippen LogP contribution >= 0.6 is 0 Å². The van der Waals surface area contributed by atoms with E-state index in [1.54, 1.807) is 24.3 Å². The van der Waals surface area contributed by atoms with Crippen LogP contribution in [0.4, 0.5) is 23.2 Å². The largest absolute Gasteiger partial charge is 0.481 e. The molecule has 0 radical (unpaired) electrons. The molecule has 2 aromatic rings. The molecule has 4 N–H and O–H groups in total. The number of ether oxygens (including phenoxy) is 1. The van der Waals surface area contributed by atoms with Crippen molar-refractivity contribution >= 4 is 35.2 Å². The second kappa shape index (κ2) is 13.2. The van der Waals surface area contributed by atoms with Crippen LogP contribution in [0.1, 0.15) is 25.3 Å². The van der Waals surface area contributed by atoms with Gasteiger partial charge in [0.05, 0.1) is 6.04 Å². The first-order chi connectivity index (χ1) is 17.8. The van der Waals surface area contributed by atoms with Crippen molar-refractivity contribution < 1.29 is 51.4 Å². The second-order valence-corrected chi connectivity index (χ2v) is 8.06. The number of aliphatic carboxylic acids is 1. The highest BCUT2D eigenvalue weighted by Gasteiger charge is 2.28. The monoisotopic (exact) mass is 541 g/mol. The number of Topliss-reactive ketones (excluding diaryl/α,β-unsaturated/α-hetero) is 1. The fourth-order valence-electron chi connectivity index (χ4n) is 2.95. The fraction of sp³-hybridized carbons (Fsp3) is 0.292. The van der Waals surface area contributed by atoms with Crippen LogP contribution in [0.3, 0.4) is 0 Å². The second-order valence-electron chi connectivity index (χ2n) is 8.06. The zero-order chi connectivity index (χ0) is 28.6. The molecule has 2 aromatic carbocycles. The van der Waals surface area contributed by atoms with Gasteiger partial charge in [-0.05, 0) is 32.4 Å². The van der Waals surface area contributed by atoms with Crippen molar-refractivity contribution in [1.29, 1.82) is 0 Å². The Morgan fingerprint density at radius 2 is 1.50 bits per heavy atom. The predicted molar refractivity (Wildman–Crippen MR) is 123 cm³/mol. The first kappa shape index (κ1) is 29.7. The number of nitrogens with one attached hydrogen (secondary N) is 3. The number of ketones is 1. The minimum atomic E-state index is -1.90. The molecule has 204 valence electrons. The number of benzene rings is 2. The maximum Gasteiger partial charge on any atom is 0.313 e. The summed E-state index contributed by atoms with van der Waals surface area (Å²) in [7, 11) is 0. The van der Waals surface area contributed by atoms with Crippen molar-refractivity contribution in [3.05, 3.63) is 59.2 Å². The molecule has 2 rings (SSSR count). The number of carbonyl (C=O) groups excluding carboxylic acids is 4. The number of hydrogen-bond donors (Lipinski definition) is 4. The van der Waals surface area contributed by atoms with E-state index in [4.69, 9.17) is 5.11 Å². The van der Waals surface area contributed by atoms with Gasteiger partial charge in [0.2, 0.25) is 17.5 Å². The number of carboxylic acids is 1. The Hall–Kier alpha value is -4.49. The molecule has 0 spiro atoms. The SMILES string of the molecule is Cc1ccc(NC(=O)C(=O)NC(C)C(=O)NC(CCC(=O)O)C(=O)COc2c(F)c(F)cc(F)c2F)cc1. The maximum absolute atomic E-state index is 13.8. The molecule has 0 saturated carbocycles. The number of rotatable bonds is 11. The van der Waals surface area contributed by atoms with Gasteiger partial charge in [-0.25, -0.2) is 8.78 Å². The van der Waals surface area contributed by atoms with E-state index in [1.807, 2.05) is 6.92 Å². The van der Waals surface area contributed by atoms with Crippen LogP contribution in [-0.4, -0.2) is 53.3 Å². The third-order valence-corrected chi connectivity index (χ3v) is 5.04. The van der Waals surface area contributed by atoms with Gasteiger partial charge in [-0.3, -0.25) is 24.0 Å². The van der Waals surface area contributed by atoms with Crippen LogP contribution < -0.4 is 20.7 Å². The lowest BCUT2D eigenvalue weighted by atomic mass is 10.1. The average Bonchev–Trinajstić information content (AvgIpc) is 2.86. The first-order valence-electron chi connectivity index (χ1n) is 11.0. The van der Waals surface area contributed by atoms with E-state index >= 15 is 0 Å². The Morgan fingerprint density at radius 1 is 0.921 bits per heavy atom. The molecular weight excluding hydrogens is 518 g/mol. The molecule has 0 aromatic heterocycles. The highest BCUT2D eigenvalue weighted by Crippen LogP contribution is 2.26. The van der Waals surface area contributed by atoms with Gasteiger partial charge < -0.3 is 25.8 Å². The molecule has 0 heterocycles. The fourth-order valence-corrected chi connectivity index (χ4v) is 2.95. The molecule has 0 bridgehead atoms. The molecular formula is C24H23F4N3O7. The summed E-state index contributed by atoms with van der Waals surface area (Å²) >= 11 is 0. The van der Waals surface area contributed by atoms with Gasteiger partial charge in [-0.1, -0.05) is 17.7 Å². The van der Waals surface area contributed by atoms with Crippen molar-refractivity contribution in [1.82, 2.24) is 10.6 Å². The highest BCUT2D eigenvalue weighted by atomic mass is 19.2. The van der Waals surface area contributed by atoms with Gasteiger partial charge in [0.25, 0.3) is 0 Å². The number of halogens is 4. The average molecular weight is 541 g/mol. The standard InChI is InChI=1S/C24H23F4N3O7/c1-11-3-5-13(6-4-11)30-24(37)23(36)29-12(2)22(35)31-16(7-8-18(33)34)17(32)10-38-21-19(27)14(25)9-15(26)20(21)28/h3-6,9,12,16H,7-8,10H2,1-2H3,(H,29,36)(H,30,37)(H,31,35)(H,33,34). The maximum atomic E-state index is 13.8. The number of aryl methyl sites for hydroxylation is 1. The van der Waals surface area contributed by atoms with E-state index in [9.17, 15) is 41.5 Å². The van der Waals surface area contributed by atoms with Crippen LogP contribution in [0.2, 0.25) is 0 Å². The third kappa shape index (κ3) is 8.28. The number of amides is 3. The normalized spacial score (nSPS) is 12.2. The van der Waals surface area contributed by atoms with Crippen molar-refractivity contribution in [3.63, 3.8) is 0 Å². The predicted octanol–water partition coefficient (Wildman–Crippen LogP) is 1.99. The highest BCUT2D eigenvalue weighted by molar-refractivity contribution is 6.40. The van der Waals surface area contributed by atoms with Crippen molar-refractivity contribution in [2.24, 2.45) is 0 Å². The molecule has 10 nitrogen and oxygen atoms in total. The molecule has 0 aliphatic heterocycles. The van der Waals surface area contributed by atoms with E-state index in [0.29, 0.717) is 5.69 Å². The molecule has 0 aliphatic rings. The Balaban J connectivity index is 2.03. The van der Waals surface area contributed by atoms with E-state index < -0.39 is 90.0 Å². The Kier molecular flexibility index (Phi) is 10.3. The molecule has 0 fully saturated rings. The molecule has 2 unspecified atom stereocenters. The van der Waals surface area contributed by atoms with Gasteiger partial charge in [0, 0.05) is 18.2 Å². The lowest BCUT2D eigenvalue weighted by Gasteiger charge is -2.20. The molecule has 3 amide bonds. The number of anilines is 1. The number of hydrogen-bond acceptors (Lipinski definition) is 6. The van der Waals surface area contributed by atoms with E-state index in [1.165, 1.54) is 6.92 Å². The summed E-state index contributed by atoms with van der Waals surface area (Å²) < 4.78 is 58.8. The van der Waals surface area contributed by atoms with Gasteiger partial charge >= 0.3 is 17.8 Å². The zero-order valence-electron chi connectivity index (χ0n) is 20.1. The summed E-state index contributed by atoms with van der Waals surface area (Å²) in [4.78, 5) is 60.2. The van der Waals surface area contributed by atoms with Crippen molar-refractivity contribution in [3.8, 4) is 5.75 Å². The third-order valence-electron chi connectivity index (χ3n) is 5.04. The summed E-state index contributed by atoms with van der Waals surface area (Å²) in [6.07, 6.45) is -1.13. The summed E-state index contributed by atoms with van der Waals surface area (Å²) in [5.41, 5.74) is 1.23. The number of carbonyl (C=O) groups is 5. The zero-order valence-corrected chi connectivity index (χ0v) is 20.1. The topological polar surface area (TPSA) is 151 Å². The summed E-state index contributed by atoms with van der Waals surface area (Å²) in [6, 6.07) is 3.43. The first-order valence-corrected chi connectivity index (χ1v) is 11.0. The van der Waals surface area contributed by atoms with Crippen LogP contribution in [0.15, 0.2) is 30.3 Å². The number of carboxylic acid groups (broad SMARTS) is 1. The van der Waals surface area contributed by atoms with Gasteiger partial charge in [-0.15, -0.1) is 0 Å². The minimum absolute atomic E-state index is 0.0635. The van der Waals surface area contributed by atoms with E-state index in [-0.39, 0.29) is 6.07 Å². The summed E-state index contributed by atoms with van der Waals surface area (Å²) in [5.74, 6) is -14.6. The lowest BCUT2D eigenvalue weighted by molar-refractivity contribution is -0.139. The van der Waals surface area contributed by atoms with Gasteiger partial charge in [-0.2, -0.15) is 8.78 Å². The molecule has 14 heteroatoms. The molecule has 0 saturated heterocycles. The van der Waals surface area contributed by atoms with Crippen LogP contribution in [0.5, 0.6) is 5.75 Å². The Bertz CT molecular complexity index is 1210. The summed E-state index contributed by atoms with van der Waals surface area (Å²) in [5, 5.41) is 15.5. The Morgan fingerprint density at radius 3 is 2.05 bits per heavy atom. The van der Waals surface area contributed by atoms with Crippen molar-refractivity contribution in [2.45, 2.75) is 38.8 Å². The molecule has 38 heavy (non-hydrogen) atoms.